The molecule has 0 unspecified atom stereocenters. The monoisotopic (exact) mass is 298 g/mol. The first-order valence-electron chi connectivity index (χ1n) is 6.49. The van der Waals surface area contributed by atoms with Gasteiger partial charge in [0.05, 0.1) is 12.0 Å². The Balaban J connectivity index is 2.27. The van der Waals surface area contributed by atoms with Gasteiger partial charge >= 0.3 is 0 Å². The van der Waals surface area contributed by atoms with Crippen LogP contribution in [0.1, 0.15) is 29.6 Å². The first kappa shape index (κ1) is 15.0. The average molecular weight is 298 g/mol. The number of hydroxylamine groups is 1. The maximum atomic E-state index is 12.5. The van der Waals surface area contributed by atoms with Crippen molar-refractivity contribution in [2.24, 2.45) is 0 Å². The molecule has 2 rings (SSSR count). The number of carbonyl (C=O) groups is 1. The molecule has 0 aliphatic carbocycles. The highest BCUT2D eigenvalue weighted by atomic mass is 32.2. The zero-order chi connectivity index (χ0) is 14.6. The number of nitrogens with one attached hydrogen (secondary N) is 1. The van der Waals surface area contributed by atoms with Crippen molar-refractivity contribution in [1.29, 1.82) is 0 Å². The molecule has 1 fully saturated rings. The summed E-state index contributed by atoms with van der Waals surface area (Å²) in [5, 5.41) is 0. The summed E-state index contributed by atoms with van der Waals surface area (Å²) in [7, 11) is -2.19. The van der Waals surface area contributed by atoms with E-state index in [9.17, 15) is 13.2 Å². The molecule has 0 radical (unpaired) electrons. The van der Waals surface area contributed by atoms with E-state index in [1.165, 1.54) is 23.5 Å². The molecule has 1 aromatic carbocycles. The molecule has 0 atom stereocenters. The molecule has 0 aromatic heterocycles. The van der Waals surface area contributed by atoms with E-state index in [0.29, 0.717) is 13.1 Å². The topological polar surface area (TPSA) is 75.7 Å². The Labute approximate surface area is 118 Å². The first-order chi connectivity index (χ1) is 9.55. The van der Waals surface area contributed by atoms with Crippen LogP contribution in [0.2, 0.25) is 0 Å². The van der Waals surface area contributed by atoms with Gasteiger partial charge in [0.1, 0.15) is 0 Å². The minimum Gasteiger partial charge on any atom is -0.277 e. The van der Waals surface area contributed by atoms with Crippen molar-refractivity contribution >= 4 is 15.9 Å². The third-order valence-electron chi connectivity index (χ3n) is 3.24. The average Bonchev–Trinajstić information content (AvgIpc) is 2.48. The van der Waals surface area contributed by atoms with Gasteiger partial charge in [-0.05, 0) is 31.0 Å². The summed E-state index contributed by atoms with van der Waals surface area (Å²) >= 11 is 0. The van der Waals surface area contributed by atoms with Crippen molar-refractivity contribution in [3.8, 4) is 0 Å². The second-order valence-corrected chi connectivity index (χ2v) is 6.57. The lowest BCUT2D eigenvalue weighted by Gasteiger charge is -2.25. The van der Waals surface area contributed by atoms with Gasteiger partial charge in [-0.15, -0.1) is 0 Å². The Morgan fingerprint density at radius 2 is 1.95 bits per heavy atom. The van der Waals surface area contributed by atoms with Crippen LogP contribution in [0.25, 0.3) is 0 Å². The summed E-state index contributed by atoms with van der Waals surface area (Å²) in [6.07, 6.45) is 2.81. The minimum atomic E-state index is -3.52. The molecule has 20 heavy (non-hydrogen) atoms. The SMILES string of the molecule is CONC(=O)c1cccc(S(=O)(=O)N2CCCCC2)c1. The predicted octanol–water partition coefficient (Wildman–Crippen LogP) is 1.15. The fourth-order valence-electron chi connectivity index (χ4n) is 2.20. The second kappa shape index (κ2) is 6.34. The van der Waals surface area contributed by atoms with Crippen LogP contribution in [-0.4, -0.2) is 38.8 Å². The van der Waals surface area contributed by atoms with E-state index in [1.54, 1.807) is 12.1 Å². The first-order valence-corrected chi connectivity index (χ1v) is 7.93. The predicted molar refractivity (Wildman–Crippen MR) is 73.5 cm³/mol. The minimum absolute atomic E-state index is 0.142. The van der Waals surface area contributed by atoms with E-state index in [4.69, 9.17) is 0 Å². The molecule has 1 aromatic rings. The van der Waals surface area contributed by atoms with Crippen LogP contribution in [0, 0.1) is 0 Å². The number of hydrogen-bond donors (Lipinski definition) is 1. The smallest absolute Gasteiger partial charge is 0.274 e. The van der Waals surface area contributed by atoms with E-state index in [1.807, 2.05) is 0 Å². The zero-order valence-corrected chi connectivity index (χ0v) is 12.1. The molecular weight excluding hydrogens is 280 g/mol. The number of amides is 1. The number of carbonyl (C=O) groups excluding carboxylic acids is 1. The normalized spacial score (nSPS) is 16.9. The lowest BCUT2D eigenvalue weighted by Crippen LogP contribution is -2.35. The second-order valence-electron chi connectivity index (χ2n) is 4.63. The Bertz CT molecular complexity index is 580. The molecule has 7 heteroatoms. The van der Waals surface area contributed by atoms with Crippen molar-refractivity contribution in [1.82, 2.24) is 9.79 Å². The van der Waals surface area contributed by atoms with Crippen LogP contribution >= 0.6 is 0 Å². The van der Waals surface area contributed by atoms with Crippen LogP contribution in [0.5, 0.6) is 0 Å². The number of benzene rings is 1. The van der Waals surface area contributed by atoms with Gasteiger partial charge in [0.25, 0.3) is 5.91 Å². The lowest BCUT2D eigenvalue weighted by molar-refractivity contribution is 0.0537. The summed E-state index contributed by atoms with van der Waals surface area (Å²) in [4.78, 5) is 16.3. The van der Waals surface area contributed by atoms with Crippen molar-refractivity contribution < 1.29 is 18.0 Å². The quantitative estimate of drug-likeness (QED) is 0.846. The Hall–Kier alpha value is -1.44. The van der Waals surface area contributed by atoms with Crippen molar-refractivity contribution in [3.05, 3.63) is 29.8 Å². The van der Waals surface area contributed by atoms with E-state index in [-0.39, 0.29) is 10.5 Å². The number of piperidine rings is 1. The maximum Gasteiger partial charge on any atom is 0.274 e. The van der Waals surface area contributed by atoms with E-state index < -0.39 is 15.9 Å². The standard InChI is InChI=1S/C13H18N2O4S/c1-19-14-13(16)11-6-5-7-12(10-11)20(17,18)15-8-3-2-4-9-15/h5-7,10H,2-4,8-9H2,1H3,(H,14,16). The molecule has 1 aliphatic rings. The van der Waals surface area contributed by atoms with E-state index >= 15 is 0 Å². The molecule has 0 spiro atoms. The van der Waals surface area contributed by atoms with Crippen molar-refractivity contribution in [3.63, 3.8) is 0 Å². The molecule has 1 amide bonds. The van der Waals surface area contributed by atoms with Crippen LogP contribution in [0.3, 0.4) is 0 Å². The summed E-state index contributed by atoms with van der Waals surface area (Å²) in [5.41, 5.74) is 2.43. The Morgan fingerprint density at radius 3 is 2.60 bits per heavy atom. The largest absolute Gasteiger partial charge is 0.277 e. The highest BCUT2D eigenvalue weighted by Crippen LogP contribution is 2.21. The number of nitrogens with zero attached hydrogens (tertiary/aromatic N) is 1. The van der Waals surface area contributed by atoms with Gasteiger partial charge in [0.2, 0.25) is 10.0 Å². The third-order valence-corrected chi connectivity index (χ3v) is 5.14. The fourth-order valence-corrected chi connectivity index (χ4v) is 3.77. The maximum absolute atomic E-state index is 12.5. The van der Waals surface area contributed by atoms with E-state index in [0.717, 1.165) is 19.3 Å². The van der Waals surface area contributed by atoms with E-state index in [2.05, 4.69) is 10.3 Å². The van der Waals surface area contributed by atoms with Crippen LogP contribution in [0.15, 0.2) is 29.2 Å². The molecule has 1 N–H and O–H groups in total. The summed E-state index contributed by atoms with van der Waals surface area (Å²) < 4.78 is 26.4. The molecule has 1 saturated heterocycles. The lowest BCUT2D eigenvalue weighted by atomic mass is 10.2. The van der Waals surface area contributed by atoms with Gasteiger partial charge in [-0.3, -0.25) is 9.63 Å². The molecule has 0 saturated carbocycles. The Kier molecular flexibility index (Phi) is 4.74. The summed E-state index contributed by atoms with van der Waals surface area (Å²) in [5.74, 6) is -0.469. The molecule has 110 valence electrons. The molecule has 6 nitrogen and oxygen atoms in total. The van der Waals surface area contributed by atoms with Crippen LogP contribution in [-0.2, 0) is 14.9 Å². The van der Waals surface area contributed by atoms with Gasteiger partial charge in [-0.2, -0.15) is 4.31 Å². The highest BCUT2D eigenvalue weighted by molar-refractivity contribution is 7.89. The third kappa shape index (κ3) is 3.17. The van der Waals surface area contributed by atoms with Crippen molar-refractivity contribution in [2.45, 2.75) is 24.2 Å². The summed E-state index contributed by atoms with van der Waals surface area (Å²) in [6.45, 7) is 1.08. The van der Waals surface area contributed by atoms with Gasteiger partial charge < -0.3 is 0 Å². The Morgan fingerprint density at radius 1 is 1.25 bits per heavy atom. The van der Waals surface area contributed by atoms with Gasteiger partial charge in [0, 0.05) is 18.7 Å². The molecular formula is C13H18N2O4S. The van der Waals surface area contributed by atoms with Crippen LogP contribution in [0.4, 0.5) is 0 Å². The van der Waals surface area contributed by atoms with Gasteiger partial charge in [-0.25, -0.2) is 13.9 Å². The number of rotatable bonds is 4. The molecule has 1 heterocycles. The number of hydrogen-bond acceptors (Lipinski definition) is 4. The van der Waals surface area contributed by atoms with Gasteiger partial charge in [0.15, 0.2) is 0 Å². The zero-order valence-electron chi connectivity index (χ0n) is 11.3. The molecule has 1 aliphatic heterocycles. The fraction of sp³-hybridized carbons (Fsp3) is 0.462. The van der Waals surface area contributed by atoms with Crippen LogP contribution < -0.4 is 5.48 Å². The molecule has 0 bridgehead atoms. The van der Waals surface area contributed by atoms with Crippen molar-refractivity contribution in [2.75, 3.05) is 20.2 Å². The highest BCUT2D eigenvalue weighted by Gasteiger charge is 2.26. The summed E-state index contributed by atoms with van der Waals surface area (Å²) in [6, 6.07) is 5.98. The van der Waals surface area contributed by atoms with Gasteiger partial charge in [-0.1, -0.05) is 12.5 Å². The number of sulfonamides is 1.